The molecule has 0 aliphatic carbocycles. The van der Waals surface area contributed by atoms with E-state index in [0.717, 1.165) is 29.4 Å². The first-order chi connectivity index (χ1) is 9.77. The standard InChI is InChI=1S/C14H15Cl2N3S.ClH/c15-12-4-1-5-13(16)11(12)10-17-6-3-9-20-14-18-7-2-8-19-14;/h1-2,4-5,7-8,17H,3,6,9-10H2;1H. The minimum Gasteiger partial charge on any atom is -0.313 e. The van der Waals surface area contributed by atoms with Crippen LogP contribution in [-0.4, -0.2) is 22.3 Å². The van der Waals surface area contributed by atoms with Crippen LogP contribution in [0.4, 0.5) is 0 Å². The van der Waals surface area contributed by atoms with Crippen molar-refractivity contribution in [1.29, 1.82) is 0 Å². The zero-order valence-electron chi connectivity index (χ0n) is 11.3. The van der Waals surface area contributed by atoms with E-state index in [1.165, 1.54) is 0 Å². The van der Waals surface area contributed by atoms with Crippen molar-refractivity contribution in [2.75, 3.05) is 12.3 Å². The highest BCUT2D eigenvalue weighted by molar-refractivity contribution is 7.99. The highest BCUT2D eigenvalue weighted by atomic mass is 35.5. The third kappa shape index (κ3) is 6.41. The van der Waals surface area contributed by atoms with E-state index in [-0.39, 0.29) is 12.4 Å². The largest absolute Gasteiger partial charge is 0.313 e. The van der Waals surface area contributed by atoms with Crippen molar-refractivity contribution >= 4 is 47.4 Å². The molecular formula is C14H16Cl3N3S. The summed E-state index contributed by atoms with van der Waals surface area (Å²) in [4.78, 5) is 8.33. The molecule has 0 bridgehead atoms. The summed E-state index contributed by atoms with van der Waals surface area (Å²) in [7, 11) is 0. The molecule has 0 spiro atoms. The van der Waals surface area contributed by atoms with Gasteiger partial charge in [-0.05, 0) is 31.2 Å². The lowest BCUT2D eigenvalue weighted by molar-refractivity contribution is 0.678. The predicted molar refractivity (Wildman–Crippen MR) is 92.8 cm³/mol. The maximum absolute atomic E-state index is 6.10. The molecule has 0 saturated heterocycles. The molecule has 1 aromatic heterocycles. The van der Waals surface area contributed by atoms with Gasteiger partial charge in [0, 0.05) is 40.3 Å². The summed E-state index contributed by atoms with van der Waals surface area (Å²) >= 11 is 13.9. The normalized spacial score (nSPS) is 10.2. The van der Waals surface area contributed by atoms with E-state index < -0.39 is 0 Å². The second-order valence-corrected chi connectivity index (χ2v) is 5.99. The average molecular weight is 365 g/mol. The Morgan fingerprint density at radius 3 is 2.38 bits per heavy atom. The molecule has 3 nitrogen and oxygen atoms in total. The van der Waals surface area contributed by atoms with Gasteiger partial charge in [0.1, 0.15) is 0 Å². The second-order valence-electron chi connectivity index (χ2n) is 4.11. The molecule has 0 radical (unpaired) electrons. The molecule has 114 valence electrons. The molecule has 0 aliphatic heterocycles. The van der Waals surface area contributed by atoms with Crippen LogP contribution in [0.25, 0.3) is 0 Å². The fraction of sp³-hybridized carbons (Fsp3) is 0.286. The third-order valence-corrected chi connectivity index (χ3v) is 4.30. The van der Waals surface area contributed by atoms with Crippen molar-refractivity contribution in [2.45, 2.75) is 18.1 Å². The van der Waals surface area contributed by atoms with Crippen LogP contribution < -0.4 is 5.32 Å². The summed E-state index contributed by atoms with van der Waals surface area (Å²) in [6, 6.07) is 7.38. The van der Waals surface area contributed by atoms with Crippen LogP contribution >= 0.6 is 47.4 Å². The van der Waals surface area contributed by atoms with Gasteiger partial charge in [-0.1, -0.05) is 41.0 Å². The number of nitrogens with one attached hydrogen (secondary N) is 1. The summed E-state index contributed by atoms with van der Waals surface area (Å²) in [6.45, 7) is 1.59. The Morgan fingerprint density at radius 2 is 1.71 bits per heavy atom. The Hall–Kier alpha value is -0.520. The van der Waals surface area contributed by atoms with Crippen molar-refractivity contribution < 1.29 is 0 Å². The number of aromatic nitrogens is 2. The predicted octanol–water partition coefficient (Wildman–Crippen LogP) is 4.48. The fourth-order valence-electron chi connectivity index (χ4n) is 1.64. The molecule has 1 aromatic carbocycles. The van der Waals surface area contributed by atoms with E-state index in [1.54, 1.807) is 24.2 Å². The third-order valence-electron chi connectivity index (χ3n) is 2.63. The van der Waals surface area contributed by atoms with Crippen LogP contribution in [0.2, 0.25) is 10.0 Å². The van der Waals surface area contributed by atoms with Gasteiger partial charge >= 0.3 is 0 Å². The average Bonchev–Trinajstić information content (AvgIpc) is 2.46. The van der Waals surface area contributed by atoms with E-state index in [0.29, 0.717) is 16.6 Å². The van der Waals surface area contributed by atoms with Gasteiger partial charge < -0.3 is 5.32 Å². The van der Waals surface area contributed by atoms with Gasteiger partial charge in [0.15, 0.2) is 5.16 Å². The quantitative estimate of drug-likeness (QED) is 0.446. The maximum Gasteiger partial charge on any atom is 0.187 e. The van der Waals surface area contributed by atoms with Gasteiger partial charge in [0.25, 0.3) is 0 Å². The van der Waals surface area contributed by atoms with Crippen LogP contribution in [0.15, 0.2) is 41.8 Å². The van der Waals surface area contributed by atoms with Gasteiger partial charge in [0.05, 0.1) is 0 Å². The summed E-state index contributed by atoms with van der Waals surface area (Å²) in [5.74, 6) is 0.979. The number of halogens is 3. The second kappa shape index (κ2) is 10.2. The van der Waals surface area contributed by atoms with E-state index in [9.17, 15) is 0 Å². The summed E-state index contributed by atoms with van der Waals surface area (Å²) in [5.41, 5.74) is 0.954. The lowest BCUT2D eigenvalue weighted by Crippen LogP contribution is -2.15. The first-order valence-corrected chi connectivity index (χ1v) is 8.05. The molecule has 2 rings (SSSR count). The minimum atomic E-state index is 0. The lowest BCUT2D eigenvalue weighted by Gasteiger charge is -2.08. The molecule has 0 aliphatic rings. The number of hydrogen-bond donors (Lipinski definition) is 1. The number of thioether (sulfide) groups is 1. The Kier molecular flexibility index (Phi) is 9.04. The first-order valence-electron chi connectivity index (χ1n) is 6.31. The van der Waals surface area contributed by atoms with Crippen LogP contribution in [0.5, 0.6) is 0 Å². The lowest BCUT2D eigenvalue weighted by atomic mass is 10.2. The highest BCUT2D eigenvalue weighted by Crippen LogP contribution is 2.23. The molecule has 7 heteroatoms. The van der Waals surface area contributed by atoms with Gasteiger partial charge in [0.2, 0.25) is 0 Å². The molecular weight excluding hydrogens is 349 g/mol. The molecule has 0 saturated carbocycles. The van der Waals surface area contributed by atoms with E-state index in [4.69, 9.17) is 23.2 Å². The van der Waals surface area contributed by atoms with Crippen LogP contribution in [-0.2, 0) is 6.54 Å². The topological polar surface area (TPSA) is 37.8 Å². The minimum absolute atomic E-state index is 0. The molecule has 0 unspecified atom stereocenters. The maximum atomic E-state index is 6.10. The Morgan fingerprint density at radius 1 is 1.05 bits per heavy atom. The number of nitrogens with zero attached hydrogens (tertiary/aromatic N) is 2. The monoisotopic (exact) mass is 363 g/mol. The summed E-state index contributed by atoms with van der Waals surface area (Å²) < 4.78 is 0. The molecule has 1 heterocycles. The molecule has 0 amide bonds. The molecule has 2 aromatic rings. The van der Waals surface area contributed by atoms with Crippen molar-refractivity contribution in [1.82, 2.24) is 15.3 Å². The number of rotatable bonds is 7. The molecule has 0 atom stereocenters. The van der Waals surface area contributed by atoms with Crippen LogP contribution in [0.1, 0.15) is 12.0 Å². The van der Waals surface area contributed by atoms with Crippen LogP contribution in [0.3, 0.4) is 0 Å². The first kappa shape index (κ1) is 18.5. The van der Waals surface area contributed by atoms with Crippen molar-refractivity contribution in [3.8, 4) is 0 Å². The fourth-order valence-corrected chi connectivity index (χ4v) is 2.91. The van der Waals surface area contributed by atoms with Gasteiger partial charge in [-0.15, -0.1) is 12.4 Å². The molecule has 1 N–H and O–H groups in total. The zero-order valence-corrected chi connectivity index (χ0v) is 14.4. The number of benzene rings is 1. The van der Waals surface area contributed by atoms with E-state index >= 15 is 0 Å². The molecule has 21 heavy (non-hydrogen) atoms. The summed E-state index contributed by atoms with van der Waals surface area (Å²) in [6.07, 6.45) is 4.55. The van der Waals surface area contributed by atoms with Crippen molar-refractivity contribution in [3.05, 3.63) is 52.3 Å². The molecule has 0 fully saturated rings. The van der Waals surface area contributed by atoms with E-state index in [1.807, 2.05) is 24.3 Å². The number of hydrogen-bond acceptors (Lipinski definition) is 4. The Bertz CT molecular complexity index is 520. The van der Waals surface area contributed by atoms with Crippen LogP contribution in [0, 0.1) is 0 Å². The van der Waals surface area contributed by atoms with Gasteiger partial charge in [-0.2, -0.15) is 0 Å². The van der Waals surface area contributed by atoms with Crippen molar-refractivity contribution in [3.63, 3.8) is 0 Å². The summed E-state index contributed by atoms with van der Waals surface area (Å²) in [5, 5.41) is 5.58. The zero-order chi connectivity index (χ0) is 14.2. The SMILES string of the molecule is Cl.Clc1cccc(Cl)c1CNCCCSc1ncccn1. The van der Waals surface area contributed by atoms with Crippen molar-refractivity contribution in [2.24, 2.45) is 0 Å². The Balaban J connectivity index is 0.00000220. The smallest absolute Gasteiger partial charge is 0.187 e. The van der Waals surface area contributed by atoms with E-state index in [2.05, 4.69) is 15.3 Å². The Labute approximate surface area is 145 Å². The highest BCUT2D eigenvalue weighted by Gasteiger charge is 2.04. The van der Waals surface area contributed by atoms with Gasteiger partial charge in [-0.25, -0.2) is 9.97 Å². The van der Waals surface area contributed by atoms with Gasteiger partial charge in [-0.3, -0.25) is 0 Å².